The van der Waals surface area contributed by atoms with Crippen molar-refractivity contribution in [3.63, 3.8) is 0 Å². The number of hydrogen-bond donors (Lipinski definition) is 0. The SMILES string of the molecule is CCCc1cccc(C2CC3C=CC=CC3(C)C2CCC)c1CCC. The van der Waals surface area contributed by atoms with Gasteiger partial charge in [0.25, 0.3) is 0 Å². The molecule has 0 heteroatoms. The molecular weight excluding hydrogens is 300 g/mol. The minimum absolute atomic E-state index is 0.347. The van der Waals surface area contributed by atoms with Gasteiger partial charge in [-0.2, -0.15) is 0 Å². The first-order chi connectivity index (χ1) is 12.2. The van der Waals surface area contributed by atoms with Crippen LogP contribution in [-0.4, -0.2) is 0 Å². The van der Waals surface area contributed by atoms with E-state index < -0.39 is 0 Å². The molecule has 1 aromatic rings. The molecule has 0 aliphatic heterocycles. The quantitative estimate of drug-likeness (QED) is 0.492. The Morgan fingerprint density at radius 1 is 1.00 bits per heavy atom. The monoisotopic (exact) mass is 336 g/mol. The molecule has 0 amide bonds. The summed E-state index contributed by atoms with van der Waals surface area (Å²) >= 11 is 0. The maximum absolute atomic E-state index is 2.52. The van der Waals surface area contributed by atoms with Gasteiger partial charge in [-0.05, 0) is 65.5 Å². The fourth-order valence-electron chi connectivity index (χ4n) is 5.62. The molecule has 25 heavy (non-hydrogen) atoms. The fraction of sp³-hybridized carbons (Fsp3) is 0.600. The summed E-state index contributed by atoms with van der Waals surface area (Å²) < 4.78 is 0. The third-order valence-electron chi connectivity index (χ3n) is 6.83. The molecule has 1 fully saturated rings. The minimum Gasteiger partial charge on any atom is -0.0805 e. The highest BCUT2D eigenvalue weighted by Crippen LogP contribution is 2.59. The molecule has 4 unspecified atom stereocenters. The molecule has 0 heterocycles. The Labute approximate surface area is 155 Å². The van der Waals surface area contributed by atoms with Gasteiger partial charge in [-0.25, -0.2) is 0 Å². The molecule has 0 aromatic heterocycles. The molecule has 4 atom stereocenters. The van der Waals surface area contributed by atoms with Gasteiger partial charge < -0.3 is 0 Å². The normalized spacial score (nSPS) is 30.6. The number of benzene rings is 1. The first-order valence-corrected chi connectivity index (χ1v) is 10.6. The summed E-state index contributed by atoms with van der Waals surface area (Å²) in [5, 5.41) is 0. The predicted octanol–water partition coefficient (Wildman–Crippen LogP) is 7.24. The van der Waals surface area contributed by atoms with Crippen molar-refractivity contribution in [3.8, 4) is 0 Å². The number of hydrogen-bond acceptors (Lipinski definition) is 0. The van der Waals surface area contributed by atoms with E-state index in [9.17, 15) is 0 Å². The summed E-state index contributed by atoms with van der Waals surface area (Å²) in [6, 6.07) is 7.18. The van der Waals surface area contributed by atoms with Gasteiger partial charge in [-0.1, -0.05) is 89.5 Å². The Hall–Kier alpha value is -1.30. The largest absolute Gasteiger partial charge is 0.0805 e. The highest BCUT2D eigenvalue weighted by Gasteiger charge is 2.50. The summed E-state index contributed by atoms with van der Waals surface area (Å²) in [4.78, 5) is 0. The van der Waals surface area contributed by atoms with Gasteiger partial charge in [0.05, 0.1) is 0 Å². The van der Waals surface area contributed by atoms with Crippen molar-refractivity contribution < 1.29 is 0 Å². The molecule has 0 radical (unpaired) electrons. The molecule has 0 saturated heterocycles. The topological polar surface area (TPSA) is 0 Å². The third kappa shape index (κ3) is 3.37. The Balaban J connectivity index is 2.04. The van der Waals surface area contributed by atoms with E-state index in [2.05, 4.69) is 70.2 Å². The molecule has 0 N–H and O–H groups in total. The van der Waals surface area contributed by atoms with Gasteiger partial charge in [0.2, 0.25) is 0 Å². The molecule has 2 aliphatic rings. The van der Waals surface area contributed by atoms with E-state index in [1.807, 2.05) is 0 Å². The van der Waals surface area contributed by atoms with Crippen LogP contribution in [0.4, 0.5) is 0 Å². The smallest absolute Gasteiger partial charge is 0.00463 e. The predicted molar refractivity (Wildman–Crippen MR) is 110 cm³/mol. The molecule has 1 saturated carbocycles. The summed E-state index contributed by atoms with van der Waals surface area (Å²) in [6.07, 6.45) is 18.5. The summed E-state index contributed by atoms with van der Waals surface area (Å²) in [7, 11) is 0. The first-order valence-electron chi connectivity index (χ1n) is 10.6. The third-order valence-corrected chi connectivity index (χ3v) is 6.83. The van der Waals surface area contributed by atoms with Gasteiger partial charge in [0.1, 0.15) is 0 Å². The van der Waals surface area contributed by atoms with Crippen LogP contribution >= 0.6 is 0 Å². The molecule has 1 aromatic carbocycles. The first kappa shape index (κ1) is 18.5. The lowest BCUT2D eigenvalue weighted by molar-refractivity contribution is 0.233. The van der Waals surface area contributed by atoms with Crippen molar-refractivity contribution in [1.82, 2.24) is 0 Å². The van der Waals surface area contributed by atoms with Crippen LogP contribution in [0.1, 0.15) is 82.4 Å². The Morgan fingerprint density at radius 3 is 2.52 bits per heavy atom. The molecule has 0 nitrogen and oxygen atoms in total. The summed E-state index contributed by atoms with van der Waals surface area (Å²) in [6.45, 7) is 9.52. The van der Waals surface area contributed by atoms with E-state index in [1.165, 1.54) is 44.9 Å². The van der Waals surface area contributed by atoms with Crippen LogP contribution in [0.5, 0.6) is 0 Å². The second-order valence-electron chi connectivity index (χ2n) is 8.44. The highest BCUT2D eigenvalue weighted by molar-refractivity contribution is 5.41. The van der Waals surface area contributed by atoms with Crippen molar-refractivity contribution in [2.24, 2.45) is 17.3 Å². The van der Waals surface area contributed by atoms with E-state index in [4.69, 9.17) is 0 Å². The number of fused-ring (bicyclic) bond motifs is 1. The summed E-state index contributed by atoms with van der Waals surface area (Å²) in [5.74, 6) is 2.21. The Kier molecular flexibility index (Phi) is 5.87. The second-order valence-corrected chi connectivity index (χ2v) is 8.44. The van der Waals surface area contributed by atoms with Crippen LogP contribution < -0.4 is 0 Å². The number of aryl methyl sites for hydroxylation is 1. The number of allylic oxidation sites excluding steroid dienone is 4. The maximum Gasteiger partial charge on any atom is -0.00463 e. The van der Waals surface area contributed by atoms with Crippen LogP contribution in [0, 0.1) is 17.3 Å². The van der Waals surface area contributed by atoms with Crippen LogP contribution in [-0.2, 0) is 12.8 Å². The molecule has 0 spiro atoms. The van der Waals surface area contributed by atoms with Crippen LogP contribution in [0.15, 0.2) is 42.5 Å². The Morgan fingerprint density at radius 2 is 1.80 bits per heavy atom. The van der Waals surface area contributed by atoms with Gasteiger partial charge in [-0.15, -0.1) is 0 Å². The van der Waals surface area contributed by atoms with Gasteiger partial charge in [0.15, 0.2) is 0 Å². The zero-order valence-corrected chi connectivity index (χ0v) is 16.7. The zero-order valence-electron chi connectivity index (χ0n) is 16.7. The van der Waals surface area contributed by atoms with Crippen molar-refractivity contribution in [3.05, 3.63) is 59.2 Å². The second kappa shape index (κ2) is 7.94. The molecule has 2 aliphatic carbocycles. The lowest BCUT2D eigenvalue weighted by Crippen LogP contribution is -2.28. The number of rotatable bonds is 7. The average Bonchev–Trinajstić information content (AvgIpc) is 2.90. The lowest BCUT2D eigenvalue weighted by Gasteiger charge is -2.36. The van der Waals surface area contributed by atoms with E-state index in [0.717, 1.165) is 11.8 Å². The van der Waals surface area contributed by atoms with Crippen LogP contribution in [0.2, 0.25) is 0 Å². The standard InChI is InChI=1S/C25H36/c1-5-11-19-14-10-16-22(21(19)12-6-2)23-18-20-15-8-9-17-25(20,4)24(23)13-7-3/h8-10,14-17,20,23-24H,5-7,11-13,18H2,1-4H3. The van der Waals surface area contributed by atoms with Gasteiger partial charge in [0, 0.05) is 0 Å². The maximum atomic E-state index is 2.52. The highest BCUT2D eigenvalue weighted by atomic mass is 14.5. The van der Waals surface area contributed by atoms with E-state index in [0.29, 0.717) is 11.3 Å². The van der Waals surface area contributed by atoms with Crippen LogP contribution in [0.25, 0.3) is 0 Å². The zero-order chi connectivity index (χ0) is 17.9. The van der Waals surface area contributed by atoms with Crippen LogP contribution in [0.3, 0.4) is 0 Å². The lowest BCUT2D eigenvalue weighted by atomic mass is 9.68. The molecule has 136 valence electrons. The average molecular weight is 337 g/mol. The van der Waals surface area contributed by atoms with Crippen molar-refractivity contribution in [2.75, 3.05) is 0 Å². The van der Waals surface area contributed by atoms with Crippen molar-refractivity contribution in [1.29, 1.82) is 0 Å². The summed E-state index contributed by atoms with van der Waals surface area (Å²) in [5.41, 5.74) is 5.33. The molecule has 0 bridgehead atoms. The van der Waals surface area contributed by atoms with E-state index in [1.54, 1.807) is 16.7 Å². The van der Waals surface area contributed by atoms with Gasteiger partial charge in [-0.3, -0.25) is 0 Å². The van der Waals surface area contributed by atoms with Crippen molar-refractivity contribution >= 4 is 0 Å². The minimum atomic E-state index is 0.347. The fourth-order valence-corrected chi connectivity index (χ4v) is 5.62. The molecule has 3 rings (SSSR count). The van der Waals surface area contributed by atoms with E-state index in [-0.39, 0.29) is 0 Å². The Bertz CT molecular complexity index is 635. The van der Waals surface area contributed by atoms with E-state index >= 15 is 0 Å². The molecular formula is C25H36. The van der Waals surface area contributed by atoms with Gasteiger partial charge >= 0.3 is 0 Å². The van der Waals surface area contributed by atoms with Crippen molar-refractivity contribution in [2.45, 2.75) is 78.6 Å².